The molecule has 27 heavy (non-hydrogen) atoms. The Hall–Kier alpha value is -2.21. The van der Waals surface area contributed by atoms with Crippen LogP contribution >= 0.6 is 11.6 Å². The number of benzene rings is 2. The SMILES string of the molecule is C[C@@]12C(=O)N(c3cccc(Cl)c3)C(=O)[C@@H]1[C@H](c1ccccc1)N1CCCN12. The van der Waals surface area contributed by atoms with Crippen molar-refractivity contribution in [3.8, 4) is 0 Å². The maximum Gasteiger partial charge on any atom is 0.256 e. The van der Waals surface area contributed by atoms with Crippen molar-refractivity contribution in [2.24, 2.45) is 5.92 Å². The second kappa shape index (κ2) is 5.89. The van der Waals surface area contributed by atoms with Crippen LogP contribution in [0.25, 0.3) is 0 Å². The largest absolute Gasteiger partial charge is 0.274 e. The lowest BCUT2D eigenvalue weighted by molar-refractivity contribution is -0.131. The fourth-order valence-corrected chi connectivity index (χ4v) is 5.20. The Bertz CT molecular complexity index is 934. The van der Waals surface area contributed by atoms with Gasteiger partial charge in [-0.05, 0) is 37.1 Å². The van der Waals surface area contributed by atoms with Crippen LogP contribution in [0.2, 0.25) is 5.02 Å². The first kappa shape index (κ1) is 16.9. The Kier molecular flexibility index (Phi) is 3.69. The van der Waals surface area contributed by atoms with Gasteiger partial charge in [0.05, 0.1) is 17.6 Å². The van der Waals surface area contributed by atoms with Crippen LogP contribution in [0, 0.1) is 5.92 Å². The van der Waals surface area contributed by atoms with Crippen molar-refractivity contribution in [1.82, 2.24) is 10.0 Å². The lowest BCUT2D eigenvalue weighted by atomic mass is 9.81. The molecule has 6 heteroatoms. The summed E-state index contributed by atoms with van der Waals surface area (Å²) in [5.41, 5.74) is 0.758. The van der Waals surface area contributed by atoms with Crippen LogP contribution in [0.15, 0.2) is 54.6 Å². The van der Waals surface area contributed by atoms with Crippen LogP contribution in [-0.4, -0.2) is 40.5 Å². The van der Waals surface area contributed by atoms with E-state index in [1.807, 2.05) is 37.3 Å². The highest BCUT2D eigenvalue weighted by Crippen LogP contribution is 2.54. The van der Waals surface area contributed by atoms with Crippen molar-refractivity contribution >= 4 is 29.1 Å². The van der Waals surface area contributed by atoms with Gasteiger partial charge in [-0.25, -0.2) is 14.9 Å². The normalized spacial score (nSPS) is 30.8. The monoisotopic (exact) mass is 381 g/mol. The second-order valence-electron chi connectivity index (χ2n) is 7.58. The highest BCUT2D eigenvalue weighted by molar-refractivity contribution is 6.31. The molecular weight excluding hydrogens is 362 g/mol. The second-order valence-corrected chi connectivity index (χ2v) is 8.02. The molecule has 0 aliphatic carbocycles. The molecule has 0 unspecified atom stereocenters. The minimum atomic E-state index is -0.865. The van der Waals surface area contributed by atoms with E-state index in [0.717, 1.165) is 25.1 Å². The summed E-state index contributed by atoms with van der Waals surface area (Å²) in [4.78, 5) is 28.4. The van der Waals surface area contributed by atoms with Crippen molar-refractivity contribution in [1.29, 1.82) is 0 Å². The molecule has 5 nitrogen and oxygen atoms in total. The van der Waals surface area contributed by atoms with Gasteiger partial charge in [0.2, 0.25) is 5.91 Å². The van der Waals surface area contributed by atoms with Crippen molar-refractivity contribution in [3.05, 3.63) is 65.2 Å². The highest BCUT2D eigenvalue weighted by Gasteiger charge is 2.70. The standard InChI is InChI=1S/C21H20ClN3O2/c1-21-17(19(26)25(20(21)27)16-10-5-9-15(22)13-16)18(14-7-3-2-4-8-14)23-11-6-12-24(21)23/h2-5,7-10,13,17-18H,6,11-12H2,1H3/t17-,18-,21-/m0/s1. The molecule has 3 heterocycles. The molecular formula is C21H20ClN3O2. The van der Waals surface area contributed by atoms with Gasteiger partial charge in [-0.3, -0.25) is 9.59 Å². The zero-order chi connectivity index (χ0) is 18.8. The maximum absolute atomic E-state index is 13.5. The molecule has 0 radical (unpaired) electrons. The van der Waals surface area contributed by atoms with Gasteiger partial charge in [0.1, 0.15) is 5.54 Å². The summed E-state index contributed by atoms with van der Waals surface area (Å²) >= 11 is 6.12. The van der Waals surface area contributed by atoms with Gasteiger partial charge in [-0.15, -0.1) is 0 Å². The maximum atomic E-state index is 13.5. The van der Waals surface area contributed by atoms with Gasteiger partial charge in [0.25, 0.3) is 5.91 Å². The van der Waals surface area contributed by atoms with Crippen LogP contribution in [0.1, 0.15) is 24.9 Å². The zero-order valence-electron chi connectivity index (χ0n) is 15.0. The predicted octanol–water partition coefficient (Wildman–Crippen LogP) is 3.27. The van der Waals surface area contributed by atoms with Crippen LogP contribution in [-0.2, 0) is 9.59 Å². The minimum Gasteiger partial charge on any atom is -0.274 e. The first-order chi connectivity index (χ1) is 13.0. The van der Waals surface area contributed by atoms with Crippen molar-refractivity contribution in [2.45, 2.75) is 24.9 Å². The molecule has 0 spiro atoms. The lowest BCUT2D eigenvalue weighted by Gasteiger charge is -2.33. The third-order valence-corrected chi connectivity index (χ3v) is 6.41. The molecule has 3 saturated heterocycles. The fourth-order valence-electron chi connectivity index (χ4n) is 5.02. The van der Waals surface area contributed by atoms with Crippen molar-refractivity contribution in [2.75, 3.05) is 18.0 Å². The average Bonchev–Trinajstić information content (AvgIpc) is 3.28. The summed E-state index contributed by atoms with van der Waals surface area (Å²) in [7, 11) is 0. The van der Waals surface area contributed by atoms with Gasteiger partial charge in [0, 0.05) is 18.1 Å². The Balaban J connectivity index is 1.65. The Morgan fingerprint density at radius 2 is 1.81 bits per heavy atom. The van der Waals surface area contributed by atoms with E-state index in [0.29, 0.717) is 10.7 Å². The van der Waals surface area contributed by atoms with Crippen molar-refractivity contribution in [3.63, 3.8) is 0 Å². The molecule has 2 aromatic rings. The molecule has 3 atom stereocenters. The Labute approximate surface area is 163 Å². The molecule has 2 amide bonds. The van der Waals surface area contributed by atoms with Crippen LogP contribution in [0.5, 0.6) is 0 Å². The highest BCUT2D eigenvalue weighted by atomic mass is 35.5. The summed E-state index contributed by atoms with van der Waals surface area (Å²) < 4.78 is 0. The van der Waals surface area contributed by atoms with Crippen LogP contribution < -0.4 is 4.90 Å². The summed E-state index contributed by atoms with van der Waals surface area (Å²) in [5.74, 6) is -0.746. The van der Waals surface area contributed by atoms with E-state index in [1.54, 1.807) is 24.3 Å². The fraction of sp³-hybridized carbons (Fsp3) is 0.333. The number of hydrazine groups is 1. The molecule has 0 bridgehead atoms. The summed E-state index contributed by atoms with van der Waals surface area (Å²) in [6.07, 6.45) is 0.990. The Morgan fingerprint density at radius 1 is 1.04 bits per heavy atom. The number of carbonyl (C=O) groups excluding carboxylic acids is 2. The van der Waals surface area contributed by atoms with Crippen LogP contribution in [0.3, 0.4) is 0 Å². The summed E-state index contributed by atoms with van der Waals surface area (Å²) in [6.45, 7) is 3.58. The van der Waals surface area contributed by atoms with Gasteiger partial charge >= 0.3 is 0 Å². The number of hydrogen-bond acceptors (Lipinski definition) is 4. The summed E-state index contributed by atoms with van der Waals surface area (Å²) in [5, 5.41) is 4.86. The van der Waals surface area contributed by atoms with Gasteiger partial charge in [-0.2, -0.15) is 0 Å². The number of hydrogen-bond donors (Lipinski definition) is 0. The number of halogens is 1. The smallest absolute Gasteiger partial charge is 0.256 e. The quantitative estimate of drug-likeness (QED) is 0.749. The average molecular weight is 382 g/mol. The van der Waals surface area contributed by atoms with E-state index in [4.69, 9.17) is 11.6 Å². The third kappa shape index (κ3) is 2.19. The van der Waals surface area contributed by atoms with Crippen molar-refractivity contribution < 1.29 is 9.59 Å². The molecule has 0 saturated carbocycles. The molecule has 5 rings (SSSR count). The van der Waals surface area contributed by atoms with E-state index in [1.165, 1.54) is 4.90 Å². The predicted molar refractivity (Wildman–Crippen MR) is 103 cm³/mol. The number of anilines is 1. The first-order valence-corrected chi connectivity index (χ1v) is 9.64. The van der Waals surface area contributed by atoms with E-state index in [-0.39, 0.29) is 17.9 Å². The molecule has 2 aromatic carbocycles. The molecule has 3 aliphatic heterocycles. The molecule has 3 aliphatic rings. The van der Waals surface area contributed by atoms with E-state index in [9.17, 15) is 9.59 Å². The topological polar surface area (TPSA) is 43.9 Å². The van der Waals surface area contributed by atoms with Gasteiger partial charge < -0.3 is 0 Å². The van der Waals surface area contributed by atoms with Gasteiger partial charge in [0.15, 0.2) is 0 Å². The van der Waals surface area contributed by atoms with E-state index in [2.05, 4.69) is 10.0 Å². The Morgan fingerprint density at radius 3 is 2.56 bits per heavy atom. The van der Waals surface area contributed by atoms with E-state index < -0.39 is 11.5 Å². The molecule has 3 fully saturated rings. The number of rotatable bonds is 2. The third-order valence-electron chi connectivity index (χ3n) is 6.18. The zero-order valence-corrected chi connectivity index (χ0v) is 15.8. The van der Waals surface area contributed by atoms with E-state index >= 15 is 0 Å². The van der Waals surface area contributed by atoms with Gasteiger partial charge in [-0.1, -0.05) is 48.0 Å². The first-order valence-electron chi connectivity index (χ1n) is 9.26. The molecule has 0 N–H and O–H groups in total. The number of carbonyl (C=O) groups is 2. The number of nitrogens with zero attached hydrogens (tertiary/aromatic N) is 3. The van der Waals surface area contributed by atoms with Crippen LogP contribution in [0.4, 0.5) is 5.69 Å². The lowest BCUT2D eigenvalue weighted by Crippen LogP contribution is -2.52. The number of fused-ring (bicyclic) bond motifs is 3. The molecule has 0 aromatic heterocycles. The molecule has 138 valence electrons. The number of amides is 2. The minimum absolute atomic E-state index is 0.126. The number of imide groups is 1. The summed E-state index contributed by atoms with van der Waals surface area (Å²) in [6, 6.07) is 16.9.